The number of aromatic nitrogens is 1. The van der Waals surface area contributed by atoms with Crippen LogP contribution >= 0.6 is 0 Å². The van der Waals surface area contributed by atoms with Crippen LogP contribution in [0.3, 0.4) is 0 Å². The summed E-state index contributed by atoms with van der Waals surface area (Å²) in [7, 11) is 0. The van der Waals surface area contributed by atoms with Crippen molar-refractivity contribution in [2.75, 3.05) is 0 Å². The third-order valence-electron chi connectivity index (χ3n) is 17.8. The predicted molar refractivity (Wildman–Crippen MR) is 256 cm³/mol. The smallest absolute Gasteiger partial charge is 0.127 e. The lowest BCUT2D eigenvalue weighted by Gasteiger charge is -2.65. The van der Waals surface area contributed by atoms with E-state index in [-0.39, 0.29) is 67.5 Å². The number of phenols is 2. The van der Waals surface area contributed by atoms with E-state index in [1.807, 2.05) is 30.3 Å². The van der Waals surface area contributed by atoms with E-state index in [0.717, 1.165) is 83.0 Å². The number of hydrogen-bond acceptors (Lipinski definition) is 3. The Morgan fingerprint density at radius 1 is 0.469 bits per heavy atom. The zero-order chi connectivity index (χ0) is 44.9. The molecule has 334 valence electrons. The Morgan fingerprint density at radius 3 is 1.19 bits per heavy atom. The van der Waals surface area contributed by atoms with Crippen LogP contribution in [0.4, 0.5) is 8.78 Å². The van der Waals surface area contributed by atoms with E-state index in [9.17, 15) is 10.2 Å². The van der Waals surface area contributed by atoms with Crippen molar-refractivity contribution in [3.63, 3.8) is 0 Å². The number of nitrogens with zero attached hydrogens (tertiary/aromatic N) is 1. The molecule has 3 nitrogen and oxygen atoms in total. The van der Waals surface area contributed by atoms with E-state index >= 15 is 8.78 Å². The van der Waals surface area contributed by atoms with Gasteiger partial charge in [0, 0.05) is 44.2 Å². The van der Waals surface area contributed by atoms with Crippen molar-refractivity contribution >= 4 is 0 Å². The molecule has 2 unspecified atom stereocenters. The normalized spacial score (nSPS) is 33.5. The molecule has 0 saturated heterocycles. The highest BCUT2D eigenvalue weighted by Gasteiger charge is 2.62. The number of phenolic OH excluding ortho intramolecular Hbond substituents is 2. The average Bonchev–Trinajstić information content (AvgIpc) is 3.19. The van der Waals surface area contributed by atoms with Crippen molar-refractivity contribution in [3.05, 3.63) is 113 Å². The third kappa shape index (κ3) is 6.70. The molecule has 1 heterocycles. The topological polar surface area (TPSA) is 53.4 Å². The summed E-state index contributed by atoms with van der Waals surface area (Å²) in [6, 6.07) is 24.9. The van der Waals surface area contributed by atoms with Gasteiger partial charge in [-0.25, -0.2) is 13.8 Å². The van der Waals surface area contributed by atoms with Gasteiger partial charge in [0.15, 0.2) is 0 Å². The van der Waals surface area contributed by atoms with Crippen molar-refractivity contribution in [3.8, 4) is 56.3 Å². The van der Waals surface area contributed by atoms with Gasteiger partial charge in [-0.2, -0.15) is 0 Å². The fourth-order valence-corrected chi connectivity index (χ4v) is 17.4. The molecule has 8 saturated carbocycles. The van der Waals surface area contributed by atoms with Gasteiger partial charge in [-0.15, -0.1) is 0 Å². The first-order valence-electron chi connectivity index (χ1n) is 24.5. The average molecular weight is 860 g/mol. The molecule has 4 aromatic carbocycles. The zero-order valence-electron chi connectivity index (χ0n) is 39.4. The lowest BCUT2D eigenvalue weighted by atomic mass is 9.39. The van der Waals surface area contributed by atoms with Crippen molar-refractivity contribution in [2.24, 2.45) is 33.5 Å². The number of pyridine rings is 1. The van der Waals surface area contributed by atoms with Gasteiger partial charge in [0.05, 0.1) is 11.4 Å². The third-order valence-corrected chi connectivity index (χ3v) is 17.8. The molecule has 8 atom stereocenters. The van der Waals surface area contributed by atoms with Gasteiger partial charge in [0.2, 0.25) is 0 Å². The van der Waals surface area contributed by atoms with Gasteiger partial charge in [-0.3, -0.25) is 0 Å². The Bertz CT molecular complexity index is 2530. The van der Waals surface area contributed by atoms with Crippen molar-refractivity contribution in [1.29, 1.82) is 0 Å². The van der Waals surface area contributed by atoms with Crippen LogP contribution in [0.5, 0.6) is 11.5 Å². The van der Waals surface area contributed by atoms with Gasteiger partial charge in [0.25, 0.3) is 0 Å². The molecular formula is C59H67F2NO2. The maximum atomic E-state index is 16.3. The molecule has 0 amide bonds. The van der Waals surface area contributed by atoms with Crippen LogP contribution in [0.2, 0.25) is 0 Å². The molecule has 0 aliphatic heterocycles. The first-order chi connectivity index (χ1) is 30.2. The molecule has 1 aromatic heterocycles. The first-order valence-corrected chi connectivity index (χ1v) is 24.5. The summed E-state index contributed by atoms with van der Waals surface area (Å²) in [5.41, 5.74) is 9.61. The van der Waals surface area contributed by atoms with Crippen LogP contribution < -0.4 is 0 Å². The molecule has 8 fully saturated rings. The van der Waals surface area contributed by atoms with Gasteiger partial charge in [-0.1, -0.05) is 85.7 Å². The summed E-state index contributed by atoms with van der Waals surface area (Å²) in [6.07, 6.45) is 13.2. The highest BCUT2D eigenvalue weighted by atomic mass is 19.1. The second-order valence-corrected chi connectivity index (χ2v) is 24.8. The molecule has 64 heavy (non-hydrogen) atoms. The molecule has 13 rings (SSSR count). The fraction of sp³-hybridized carbons (Fsp3) is 0.508. The summed E-state index contributed by atoms with van der Waals surface area (Å²) >= 11 is 0. The summed E-state index contributed by atoms with van der Waals surface area (Å²) < 4.78 is 32.5. The second-order valence-electron chi connectivity index (χ2n) is 24.8. The standard InChI is InChI=1S/C59H67F2NO2/c1-34(2)38-12-14-42(46-18-40(60)20-48(52(46)63)58-26-36-22-54(5,30-58)28-55(6,23-36)31-58)44(16-38)50-10-9-11-51(62-50)45-17-39(35(3)4)13-15-43(45)47-19-41(61)21-49(53(47)64)59-27-37-24-56(7,32-59)29-57(8,25-37)33-59/h9-21,34-37,63-64H,22-33H2,1-8H3/t36-,37-,54-,55+,56-,57+,58?,59?. The monoisotopic (exact) mass is 860 g/mol. The maximum absolute atomic E-state index is 16.3. The molecular weight excluding hydrogens is 793 g/mol. The second kappa shape index (κ2) is 14.0. The Morgan fingerprint density at radius 2 is 0.844 bits per heavy atom. The van der Waals surface area contributed by atoms with Crippen molar-refractivity contribution in [2.45, 2.75) is 155 Å². The summed E-state index contributed by atoms with van der Waals surface area (Å²) in [5.74, 6) is 1.36. The number of aromatic hydroxyl groups is 2. The minimum Gasteiger partial charge on any atom is -0.507 e. The SMILES string of the molecule is CC(C)c1ccc(-c2cc(F)cc(C34C[C@@H]5C[C@@](C)(C3)C[C@](C)(C5)C4)c2O)c(-c2cccc(-c3cc(C(C)C)ccc3-c3cc(F)cc(C45C[C@@H]6C[C@@](C)(C4)C[C@](C)(C6)C5)c3O)n2)c1. The van der Waals surface area contributed by atoms with E-state index in [2.05, 4.69) is 79.7 Å². The molecule has 8 aliphatic carbocycles. The van der Waals surface area contributed by atoms with Crippen molar-refractivity contribution < 1.29 is 19.0 Å². The van der Waals surface area contributed by atoms with E-state index in [4.69, 9.17) is 4.98 Å². The number of halogens is 2. The molecule has 0 radical (unpaired) electrons. The minimum atomic E-state index is -0.324. The fourth-order valence-electron chi connectivity index (χ4n) is 17.4. The highest BCUT2D eigenvalue weighted by molar-refractivity contribution is 5.89. The van der Waals surface area contributed by atoms with Gasteiger partial charge in [-0.05, 0) is 193 Å². The quantitative estimate of drug-likeness (QED) is 0.163. The van der Waals surface area contributed by atoms with Crippen LogP contribution in [0.25, 0.3) is 44.8 Å². The Balaban J connectivity index is 1.05. The number of rotatable bonds is 8. The van der Waals surface area contributed by atoms with Crippen LogP contribution in [0.1, 0.15) is 167 Å². The van der Waals surface area contributed by atoms with Crippen molar-refractivity contribution in [1.82, 2.24) is 4.98 Å². The highest BCUT2D eigenvalue weighted by Crippen LogP contribution is 2.72. The largest absolute Gasteiger partial charge is 0.507 e. The first kappa shape index (κ1) is 42.1. The molecule has 5 heteroatoms. The van der Waals surface area contributed by atoms with Crippen LogP contribution in [0.15, 0.2) is 78.9 Å². The van der Waals surface area contributed by atoms with Gasteiger partial charge < -0.3 is 10.2 Å². The maximum Gasteiger partial charge on any atom is 0.127 e. The summed E-state index contributed by atoms with van der Waals surface area (Å²) in [6.45, 7) is 18.4. The predicted octanol–water partition coefficient (Wildman–Crippen LogP) is 16.2. The summed E-state index contributed by atoms with van der Waals surface area (Å²) in [4.78, 5) is 5.43. The van der Waals surface area contributed by atoms with Crippen LogP contribution in [-0.4, -0.2) is 15.2 Å². The number of hydrogen-bond donors (Lipinski definition) is 2. The molecule has 5 aromatic rings. The molecule has 8 aliphatic rings. The van der Waals surface area contributed by atoms with E-state index in [0.29, 0.717) is 34.4 Å². The Kier molecular flexibility index (Phi) is 9.22. The minimum absolute atomic E-state index is 0.191. The van der Waals surface area contributed by atoms with E-state index in [1.54, 1.807) is 12.1 Å². The van der Waals surface area contributed by atoms with Crippen LogP contribution in [-0.2, 0) is 10.8 Å². The zero-order valence-corrected chi connectivity index (χ0v) is 39.4. The molecule has 0 spiro atoms. The Labute approximate surface area is 380 Å². The van der Waals surface area contributed by atoms with Gasteiger partial charge in [0.1, 0.15) is 23.1 Å². The van der Waals surface area contributed by atoms with Gasteiger partial charge >= 0.3 is 0 Å². The molecule has 8 bridgehead atoms. The Hall–Kier alpha value is -4.51. The molecule has 2 N–H and O–H groups in total. The van der Waals surface area contributed by atoms with E-state index in [1.165, 1.54) is 50.7 Å². The lowest BCUT2D eigenvalue weighted by Crippen LogP contribution is -2.56. The number of benzene rings is 4. The van der Waals surface area contributed by atoms with E-state index < -0.39 is 0 Å². The lowest BCUT2D eigenvalue weighted by molar-refractivity contribution is -0.110. The van der Waals surface area contributed by atoms with Crippen LogP contribution in [0, 0.1) is 45.1 Å². The summed E-state index contributed by atoms with van der Waals surface area (Å²) in [5, 5.41) is 25.1.